The summed E-state index contributed by atoms with van der Waals surface area (Å²) >= 11 is 0. The number of nitro groups is 1. The van der Waals surface area contributed by atoms with Crippen LogP contribution in [-0.4, -0.2) is 24.5 Å². The molecule has 6 heteroatoms. The third kappa shape index (κ3) is 3.50. The van der Waals surface area contributed by atoms with Gasteiger partial charge >= 0.3 is 0 Å². The molecule has 0 amide bonds. The van der Waals surface area contributed by atoms with Gasteiger partial charge in [-0.1, -0.05) is 30.3 Å². The second-order valence-corrected chi connectivity index (χ2v) is 4.24. The minimum atomic E-state index is -0.437. The minimum absolute atomic E-state index is 0.0428. The van der Waals surface area contributed by atoms with Crippen molar-refractivity contribution in [2.75, 3.05) is 12.1 Å². The van der Waals surface area contributed by atoms with Crippen molar-refractivity contribution in [2.24, 2.45) is 10.1 Å². The lowest BCUT2D eigenvalue weighted by Gasteiger charge is -2.14. The Labute approximate surface area is 122 Å². The summed E-state index contributed by atoms with van der Waals surface area (Å²) < 4.78 is 0. The highest BCUT2D eigenvalue weighted by atomic mass is 16.6. The van der Waals surface area contributed by atoms with Crippen molar-refractivity contribution in [3.8, 4) is 0 Å². The van der Waals surface area contributed by atoms with Gasteiger partial charge in [-0.15, -0.1) is 0 Å². The van der Waals surface area contributed by atoms with E-state index in [1.165, 1.54) is 12.1 Å². The molecule has 0 bridgehead atoms. The average Bonchev–Trinajstić information content (AvgIpc) is 2.53. The number of anilines is 1. The molecule has 0 spiro atoms. The molecule has 0 saturated heterocycles. The van der Waals surface area contributed by atoms with E-state index in [9.17, 15) is 10.1 Å². The van der Waals surface area contributed by atoms with Crippen LogP contribution in [0.2, 0.25) is 0 Å². The van der Waals surface area contributed by atoms with Crippen molar-refractivity contribution in [1.29, 1.82) is 0 Å². The van der Waals surface area contributed by atoms with Crippen LogP contribution in [-0.2, 0) is 0 Å². The largest absolute Gasteiger partial charge is 0.269 e. The molecule has 21 heavy (non-hydrogen) atoms. The summed E-state index contributed by atoms with van der Waals surface area (Å²) in [4.78, 5) is 14.1. The van der Waals surface area contributed by atoms with Crippen molar-refractivity contribution < 1.29 is 4.92 Å². The number of rotatable bonds is 4. The van der Waals surface area contributed by atoms with Crippen LogP contribution in [0.3, 0.4) is 0 Å². The predicted molar refractivity (Wildman–Crippen MR) is 84.0 cm³/mol. The van der Waals surface area contributed by atoms with E-state index < -0.39 is 4.92 Å². The molecule has 0 aliphatic carbocycles. The van der Waals surface area contributed by atoms with E-state index in [1.54, 1.807) is 24.2 Å². The van der Waals surface area contributed by atoms with E-state index >= 15 is 0 Å². The van der Waals surface area contributed by atoms with E-state index in [1.807, 2.05) is 30.3 Å². The number of hydrogen-bond donors (Lipinski definition) is 0. The highest BCUT2D eigenvalue weighted by Gasteiger charge is 2.07. The molecule has 0 fully saturated rings. The van der Waals surface area contributed by atoms with Crippen LogP contribution >= 0.6 is 0 Å². The first kappa shape index (κ1) is 14.4. The Morgan fingerprint density at radius 2 is 1.76 bits per heavy atom. The Morgan fingerprint density at radius 3 is 2.29 bits per heavy atom. The average molecular weight is 282 g/mol. The van der Waals surface area contributed by atoms with Crippen molar-refractivity contribution in [1.82, 2.24) is 0 Å². The zero-order valence-electron chi connectivity index (χ0n) is 11.5. The first-order chi connectivity index (χ1) is 10.1. The molecule has 2 rings (SSSR count). The fourth-order valence-corrected chi connectivity index (χ4v) is 1.76. The second kappa shape index (κ2) is 6.42. The van der Waals surface area contributed by atoms with Crippen molar-refractivity contribution in [3.05, 3.63) is 70.3 Å². The first-order valence-electron chi connectivity index (χ1n) is 6.21. The molecule has 0 heterocycles. The number of amidine groups is 1. The lowest BCUT2D eigenvalue weighted by molar-refractivity contribution is -0.384. The monoisotopic (exact) mass is 282 g/mol. The molecule has 2 aromatic carbocycles. The number of hydrogen-bond acceptors (Lipinski definition) is 4. The van der Waals surface area contributed by atoms with Gasteiger partial charge in [0.2, 0.25) is 0 Å². The fourth-order valence-electron chi connectivity index (χ4n) is 1.76. The number of non-ortho nitro benzene ring substituents is 1. The SMILES string of the molecule is C=N/C(=N\N(C)c1ccc([N+](=O)[O-])cc1)c1ccccc1. The molecule has 106 valence electrons. The Balaban J connectivity index is 2.26. The fraction of sp³-hybridized carbons (Fsp3) is 0.0667. The number of nitrogens with zero attached hydrogens (tertiary/aromatic N) is 4. The number of benzene rings is 2. The van der Waals surface area contributed by atoms with Crippen LogP contribution in [0.15, 0.2) is 64.7 Å². The molecule has 0 aliphatic heterocycles. The summed E-state index contributed by atoms with van der Waals surface area (Å²) in [5.74, 6) is 0.483. The maximum absolute atomic E-state index is 10.6. The van der Waals surface area contributed by atoms with Crippen LogP contribution in [0, 0.1) is 10.1 Å². The van der Waals surface area contributed by atoms with Crippen LogP contribution in [0.5, 0.6) is 0 Å². The first-order valence-corrected chi connectivity index (χ1v) is 6.21. The summed E-state index contributed by atoms with van der Waals surface area (Å²) in [7, 11) is 1.75. The number of aliphatic imine (C=N–C) groups is 1. The summed E-state index contributed by atoms with van der Waals surface area (Å²) in [6.07, 6.45) is 0. The lowest BCUT2D eigenvalue weighted by Crippen LogP contribution is -2.12. The Bertz CT molecular complexity index is 666. The van der Waals surface area contributed by atoms with Gasteiger partial charge in [0.15, 0.2) is 5.84 Å². The van der Waals surface area contributed by atoms with Gasteiger partial charge in [0.05, 0.1) is 10.6 Å². The molecular formula is C15H14N4O2. The summed E-state index contributed by atoms with van der Waals surface area (Å²) in [5.41, 5.74) is 1.61. The van der Waals surface area contributed by atoms with Crippen molar-refractivity contribution in [3.63, 3.8) is 0 Å². The molecule has 6 nitrogen and oxygen atoms in total. The van der Waals surface area contributed by atoms with Gasteiger partial charge in [-0.3, -0.25) is 15.1 Å². The van der Waals surface area contributed by atoms with Crippen molar-refractivity contribution >= 4 is 23.9 Å². The predicted octanol–water partition coefficient (Wildman–Crippen LogP) is 3.09. The Morgan fingerprint density at radius 1 is 1.14 bits per heavy atom. The van der Waals surface area contributed by atoms with E-state index in [-0.39, 0.29) is 5.69 Å². The van der Waals surface area contributed by atoms with E-state index in [0.717, 1.165) is 11.3 Å². The summed E-state index contributed by atoms with van der Waals surface area (Å²) in [6, 6.07) is 15.6. The summed E-state index contributed by atoms with van der Waals surface area (Å²) in [6.45, 7) is 3.52. The molecule has 2 aromatic rings. The van der Waals surface area contributed by atoms with Gasteiger partial charge in [0.1, 0.15) is 0 Å². The highest BCUT2D eigenvalue weighted by Crippen LogP contribution is 2.19. The number of hydrazone groups is 1. The topological polar surface area (TPSA) is 71.1 Å². The smallest absolute Gasteiger partial charge is 0.266 e. The van der Waals surface area contributed by atoms with E-state index in [2.05, 4.69) is 16.8 Å². The maximum atomic E-state index is 10.6. The van der Waals surface area contributed by atoms with Gasteiger partial charge in [-0.2, -0.15) is 5.10 Å². The van der Waals surface area contributed by atoms with Crippen LogP contribution < -0.4 is 5.01 Å². The van der Waals surface area contributed by atoms with Gasteiger partial charge in [-0.05, 0) is 18.9 Å². The van der Waals surface area contributed by atoms with Crippen LogP contribution in [0.25, 0.3) is 0 Å². The normalized spacial score (nSPS) is 11.0. The zero-order valence-corrected chi connectivity index (χ0v) is 11.5. The quantitative estimate of drug-likeness (QED) is 0.374. The third-order valence-corrected chi connectivity index (χ3v) is 2.86. The maximum Gasteiger partial charge on any atom is 0.269 e. The highest BCUT2D eigenvalue weighted by molar-refractivity contribution is 6.01. The molecule has 0 atom stereocenters. The minimum Gasteiger partial charge on any atom is -0.266 e. The Kier molecular flexibility index (Phi) is 4.40. The molecule has 0 aliphatic rings. The van der Waals surface area contributed by atoms with E-state index in [4.69, 9.17) is 0 Å². The molecule has 0 saturated carbocycles. The molecular weight excluding hydrogens is 268 g/mol. The van der Waals surface area contributed by atoms with Crippen LogP contribution in [0.4, 0.5) is 11.4 Å². The van der Waals surface area contributed by atoms with Gasteiger partial charge in [-0.25, -0.2) is 4.99 Å². The molecule has 0 aromatic heterocycles. The van der Waals surface area contributed by atoms with E-state index in [0.29, 0.717) is 5.84 Å². The van der Waals surface area contributed by atoms with Gasteiger partial charge < -0.3 is 0 Å². The standard InChI is InChI=1S/C15H14N4O2/c1-16-15(12-6-4-3-5-7-12)17-18(2)13-8-10-14(11-9-13)19(20)21/h3-11H,1H2,2H3/b17-15-. The van der Waals surface area contributed by atoms with Gasteiger partial charge in [0, 0.05) is 24.7 Å². The van der Waals surface area contributed by atoms with Crippen LogP contribution in [0.1, 0.15) is 5.56 Å². The lowest BCUT2D eigenvalue weighted by atomic mass is 10.2. The summed E-state index contributed by atoms with van der Waals surface area (Å²) in [5, 5.41) is 16.6. The second-order valence-electron chi connectivity index (χ2n) is 4.24. The van der Waals surface area contributed by atoms with Gasteiger partial charge in [0.25, 0.3) is 5.69 Å². The van der Waals surface area contributed by atoms with Crippen molar-refractivity contribution in [2.45, 2.75) is 0 Å². The Hall–Kier alpha value is -3.02. The zero-order chi connectivity index (χ0) is 15.2. The molecule has 0 unspecified atom stereocenters. The molecule has 0 N–H and O–H groups in total. The molecule has 0 radical (unpaired) electrons. The third-order valence-electron chi connectivity index (χ3n) is 2.86. The number of nitro benzene ring substituents is 1.